The van der Waals surface area contributed by atoms with Crippen LogP contribution in [0.1, 0.15) is 240 Å². The third-order valence-electron chi connectivity index (χ3n) is 9.78. The van der Waals surface area contributed by atoms with Gasteiger partial charge in [-0.25, -0.2) is 0 Å². The van der Waals surface area contributed by atoms with Crippen molar-refractivity contribution in [2.75, 3.05) is 13.1 Å². The molecule has 1 heteroatoms. The summed E-state index contributed by atoms with van der Waals surface area (Å²) in [6, 6.07) is 0. The minimum atomic E-state index is 0.376. The van der Waals surface area contributed by atoms with Crippen molar-refractivity contribution in [3.63, 3.8) is 0 Å². The van der Waals surface area contributed by atoms with Crippen molar-refractivity contribution in [3.8, 4) is 0 Å². The Morgan fingerprint density at radius 2 is 0.512 bits per heavy atom. The SMILES string of the molecule is CCCCCCCCCCCCCCCCCN(CCCCCCCCCCCCCCCCC)C(C)(C)CCC. The normalized spacial score (nSPS) is 12.1. The van der Waals surface area contributed by atoms with E-state index in [4.69, 9.17) is 0 Å². The summed E-state index contributed by atoms with van der Waals surface area (Å²) in [5.74, 6) is 0. The summed E-state index contributed by atoms with van der Waals surface area (Å²) in [7, 11) is 0. The predicted molar refractivity (Wildman–Crippen MR) is 190 cm³/mol. The highest BCUT2D eigenvalue weighted by atomic mass is 15.2. The Kier molecular flexibility index (Phi) is 32.8. The molecule has 0 rings (SSSR count). The highest BCUT2D eigenvalue weighted by molar-refractivity contribution is 4.81. The maximum Gasteiger partial charge on any atom is 0.0153 e. The number of hydrogen-bond acceptors (Lipinski definition) is 1. The van der Waals surface area contributed by atoms with Gasteiger partial charge in [0, 0.05) is 5.54 Å². The van der Waals surface area contributed by atoms with E-state index in [2.05, 4.69) is 39.5 Å². The second-order valence-electron chi connectivity index (χ2n) is 14.4. The Morgan fingerprint density at radius 1 is 0.293 bits per heavy atom. The summed E-state index contributed by atoms with van der Waals surface area (Å²) in [4.78, 5) is 2.86. The Balaban J connectivity index is 3.72. The third kappa shape index (κ3) is 29.8. The Hall–Kier alpha value is -0.0400. The summed E-state index contributed by atoms with van der Waals surface area (Å²) in [5, 5.41) is 0. The lowest BCUT2D eigenvalue weighted by atomic mass is 9.95. The smallest absolute Gasteiger partial charge is 0.0153 e. The summed E-state index contributed by atoms with van der Waals surface area (Å²) >= 11 is 0. The Labute approximate surface area is 263 Å². The van der Waals surface area contributed by atoms with Crippen LogP contribution in [0.3, 0.4) is 0 Å². The number of unbranched alkanes of at least 4 members (excludes halogenated alkanes) is 28. The molecule has 0 aromatic carbocycles. The molecule has 0 aliphatic heterocycles. The molecule has 41 heavy (non-hydrogen) atoms. The van der Waals surface area contributed by atoms with E-state index in [0.717, 1.165) is 0 Å². The molecule has 0 unspecified atom stereocenters. The molecule has 0 aliphatic rings. The highest BCUT2D eigenvalue weighted by Crippen LogP contribution is 2.23. The average molecular weight is 578 g/mol. The first-order valence-electron chi connectivity index (χ1n) is 19.8. The van der Waals surface area contributed by atoms with Gasteiger partial charge >= 0.3 is 0 Å². The molecule has 0 bridgehead atoms. The van der Waals surface area contributed by atoms with Crippen molar-refractivity contribution < 1.29 is 0 Å². The molecule has 0 saturated carbocycles. The maximum atomic E-state index is 2.86. The minimum absolute atomic E-state index is 0.376. The van der Waals surface area contributed by atoms with E-state index >= 15 is 0 Å². The van der Waals surface area contributed by atoms with Crippen LogP contribution in [0.4, 0.5) is 0 Å². The molecule has 0 amide bonds. The van der Waals surface area contributed by atoms with Crippen LogP contribution < -0.4 is 0 Å². The Bertz CT molecular complexity index is 435. The van der Waals surface area contributed by atoms with Crippen LogP contribution in [0.15, 0.2) is 0 Å². The molecule has 248 valence electrons. The molecule has 0 spiro atoms. The van der Waals surface area contributed by atoms with E-state index in [1.54, 1.807) is 0 Å². The second kappa shape index (κ2) is 32.9. The van der Waals surface area contributed by atoms with Crippen LogP contribution in [0.25, 0.3) is 0 Å². The van der Waals surface area contributed by atoms with Crippen LogP contribution in [0.2, 0.25) is 0 Å². The lowest BCUT2D eigenvalue weighted by Crippen LogP contribution is -2.45. The van der Waals surface area contributed by atoms with Crippen molar-refractivity contribution in [1.29, 1.82) is 0 Å². The van der Waals surface area contributed by atoms with E-state index in [0.29, 0.717) is 5.54 Å². The maximum absolute atomic E-state index is 2.86. The van der Waals surface area contributed by atoms with Gasteiger partial charge in [0.05, 0.1) is 0 Å². The number of nitrogens with zero attached hydrogens (tertiary/aromatic N) is 1. The fourth-order valence-electron chi connectivity index (χ4n) is 6.84. The van der Waals surface area contributed by atoms with Crippen LogP contribution in [-0.2, 0) is 0 Å². The van der Waals surface area contributed by atoms with Crippen LogP contribution in [0, 0.1) is 0 Å². The average Bonchev–Trinajstić information content (AvgIpc) is 2.95. The molecule has 0 radical (unpaired) electrons. The van der Waals surface area contributed by atoms with Gasteiger partial charge in [-0.15, -0.1) is 0 Å². The van der Waals surface area contributed by atoms with Gasteiger partial charge in [0.15, 0.2) is 0 Å². The van der Waals surface area contributed by atoms with Gasteiger partial charge in [0.25, 0.3) is 0 Å². The molecule has 0 heterocycles. The van der Waals surface area contributed by atoms with E-state index in [-0.39, 0.29) is 0 Å². The van der Waals surface area contributed by atoms with Gasteiger partial charge in [-0.1, -0.05) is 207 Å². The number of rotatable bonds is 35. The van der Waals surface area contributed by atoms with Gasteiger partial charge in [0.2, 0.25) is 0 Å². The number of hydrogen-bond donors (Lipinski definition) is 0. The highest BCUT2D eigenvalue weighted by Gasteiger charge is 2.24. The van der Waals surface area contributed by atoms with Crippen LogP contribution in [0.5, 0.6) is 0 Å². The molecule has 0 aromatic rings. The summed E-state index contributed by atoms with van der Waals surface area (Å²) < 4.78 is 0. The molecular formula is C40H83N. The lowest BCUT2D eigenvalue weighted by molar-refractivity contribution is 0.105. The molecule has 1 nitrogen and oxygen atoms in total. The minimum Gasteiger partial charge on any atom is -0.298 e. The molecular weight excluding hydrogens is 494 g/mol. The second-order valence-corrected chi connectivity index (χ2v) is 14.4. The van der Waals surface area contributed by atoms with Crippen molar-refractivity contribution >= 4 is 0 Å². The molecule has 0 aromatic heterocycles. The third-order valence-corrected chi connectivity index (χ3v) is 9.78. The van der Waals surface area contributed by atoms with Crippen LogP contribution in [-0.4, -0.2) is 23.5 Å². The van der Waals surface area contributed by atoms with Crippen molar-refractivity contribution in [2.24, 2.45) is 0 Å². The first-order chi connectivity index (χ1) is 20.1. The fraction of sp³-hybridized carbons (Fsp3) is 1.00. The lowest BCUT2D eigenvalue weighted by Gasteiger charge is -2.39. The zero-order valence-electron chi connectivity index (χ0n) is 30.0. The van der Waals surface area contributed by atoms with Crippen molar-refractivity contribution in [2.45, 2.75) is 246 Å². The summed E-state index contributed by atoms with van der Waals surface area (Å²) in [6.45, 7) is 14.6. The van der Waals surface area contributed by atoms with E-state index in [1.807, 2.05) is 0 Å². The van der Waals surface area contributed by atoms with Gasteiger partial charge < -0.3 is 0 Å². The topological polar surface area (TPSA) is 3.24 Å². The molecule has 0 fully saturated rings. The first-order valence-corrected chi connectivity index (χ1v) is 19.8. The van der Waals surface area contributed by atoms with E-state index in [9.17, 15) is 0 Å². The zero-order valence-corrected chi connectivity index (χ0v) is 30.0. The van der Waals surface area contributed by atoms with Crippen molar-refractivity contribution in [1.82, 2.24) is 4.90 Å². The quantitative estimate of drug-likeness (QED) is 0.0677. The first kappa shape index (κ1) is 41.0. The molecule has 0 aliphatic carbocycles. The monoisotopic (exact) mass is 578 g/mol. The van der Waals surface area contributed by atoms with Gasteiger partial charge in [-0.2, -0.15) is 0 Å². The molecule has 0 N–H and O–H groups in total. The summed E-state index contributed by atoms with van der Waals surface area (Å²) in [6.07, 6.45) is 46.4. The van der Waals surface area contributed by atoms with E-state index in [1.165, 1.54) is 219 Å². The van der Waals surface area contributed by atoms with Gasteiger partial charge in [-0.3, -0.25) is 4.90 Å². The fourth-order valence-corrected chi connectivity index (χ4v) is 6.84. The Morgan fingerprint density at radius 3 is 0.732 bits per heavy atom. The van der Waals surface area contributed by atoms with E-state index < -0.39 is 0 Å². The van der Waals surface area contributed by atoms with Gasteiger partial charge in [-0.05, 0) is 46.2 Å². The van der Waals surface area contributed by atoms with Crippen molar-refractivity contribution in [3.05, 3.63) is 0 Å². The standard InChI is InChI=1S/C40H83N/c1-6-9-11-13-15-17-19-21-23-25-27-29-31-33-35-38-41(40(4,5)37-8-3)39-36-34-32-30-28-26-24-22-20-18-16-14-12-10-7-2/h6-39H2,1-5H3. The predicted octanol–water partition coefficient (Wildman–Crippen LogP) is 14.6. The summed E-state index contributed by atoms with van der Waals surface area (Å²) in [5.41, 5.74) is 0.376. The molecule has 0 saturated heterocycles. The largest absolute Gasteiger partial charge is 0.298 e. The van der Waals surface area contributed by atoms with Crippen LogP contribution >= 0.6 is 0 Å². The zero-order chi connectivity index (χ0) is 30.1. The van der Waals surface area contributed by atoms with Gasteiger partial charge in [0.1, 0.15) is 0 Å². The molecule has 0 atom stereocenters.